The number of carboxylic acid groups (broad SMARTS) is 1. The highest BCUT2D eigenvalue weighted by molar-refractivity contribution is 6.10. The minimum atomic E-state index is -1.11. The van der Waals surface area contributed by atoms with Crippen LogP contribution in [0.25, 0.3) is 0 Å². The van der Waals surface area contributed by atoms with Crippen molar-refractivity contribution in [1.82, 2.24) is 4.90 Å². The molecule has 3 N–H and O–H groups in total. The summed E-state index contributed by atoms with van der Waals surface area (Å²) in [5.41, 5.74) is 8.01. The number of amides is 1. The van der Waals surface area contributed by atoms with Gasteiger partial charge in [0.1, 0.15) is 6.54 Å². The normalized spacial score (nSPS) is 33.4. The molecule has 0 aromatic heterocycles. The van der Waals surface area contributed by atoms with Crippen LogP contribution >= 0.6 is 0 Å². The van der Waals surface area contributed by atoms with Crippen LogP contribution in [0.4, 0.5) is 0 Å². The molecule has 0 saturated heterocycles. The quantitative estimate of drug-likeness (QED) is 0.810. The second-order valence-corrected chi connectivity index (χ2v) is 9.05. The summed E-state index contributed by atoms with van der Waals surface area (Å²) in [6.45, 7) is -0.454. The summed E-state index contributed by atoms with van der Waals surface area (Å²) in [7, 11) is 1.73. The van der Waals surface area contributed by atoms with Crippen molar-refractivity contribution in [3.63, 3.8) is 0 Å². The van der Waals surface area contributed by atoms with Gasteiger partial charge in [-0.3, -0.25) is 14.5 Å². The number of aliphatic carboxylic acids is 1. The smallest absolute Gasteiger partial charge is 0.323 e. The van der Waals surface area contributed by atoms with E-state index in [1.165, 1.54) is 18.4 Å². The van der Waals surface area contributed by atoms with Crippen LogP contribution in [0.3, 0.4) is 0 Å². The molecule has 0 bridgehead atoms. The van der Waals surface area contributed by atoms with E-state index in [9.17, 15) is 14.7 Å². The highest BCUT2D eigenvalue weighted by Gasteiger charge is 2.66. The highest BCUT2D eigenvalue weighted by Crippen LogP contribution is 2.62. The number of hydrogen-bond acceptors (Lipinski definition) is 5. The number of rotatable bonds is 4. The number of carbonyl (C=O) groups is 2. The molecule has 2 fully saturated rings. The predicted octanol–water partition coefficient (Wildman–Crippen LogP) is 2.13. The summed E-state index contributed by atoms with van der Waals surface area (Å²) < 4.78 is 5.57. The van der Waals surface area contributed by atoms with Crippen molar-refractivity contribution in [3.05, 3.63) is 34.9 Å². The molecule has 1 atom stereocenters. The zero-order valence-corrected chi connectivity index (χ0v) is 16.7. The Hall–Kier alpha value is -2.41. The lowest BCUT2D eigenvalue weighted by Crippen LogP contribution is -2.53. The summed E-state index contributed by atoms with van der Waals surface area (Å²) in [6.07, 6.45) is 6.66. The van der Waals surface area contributed by atoms with E-state index in [2.05, 4.69) is 18.2 Å². The van der Waals surface area contributed by atoms with Gasteiger partial charge in [-0.25, -0.2) is 4.99 Å². The maximum Gasteiger partial charge on any atom is 0.323 e. The van der Waals surface area contributed by atoms with Gasteiger partial charge < -0.3 is 15.6 Å². The van der Waals surface area contributed by atoms with E-state index in [4.69, 9.17) is 15.5 Å². The fourth-order valence-electron chi connectivity index (χ4n) is 5.84. The largest absolute Gasteiger partial charge is 0.480 e. The van der Waals surface area contributed by atoms with E-state index in [0.29, 0.717) is 5.92 Å². The summed E-state index contributed by atoms with van der Waals surface area (Å²) in [5.74, 6) is -0.781. The van der Waals surface area contributed by atoms with E-state index in [0.717, 1.165) is 48.1 Å². The van der Waals surface area contributed by atoms with Crippen LogP contribution < -0.4 is 5.73 Å². The molecule has 5 rings (SSSR count). The molecule has 29 heavy (non-hydrogen) atoms. The average Bonchev–Trinajstić information content (AvgIpc) is 3.48. The molecule has 1 aromatic carbocycles. The van der Waals surface area contributed by atoms with Crippen LogP contribution in [0.1, 0.15) is 61.1 Å². The van der Waals surface area contributed by atoms with Crippen LogP contribution in [0, 0.1) is 5.41 Å². The molecule has 3 aliphatic carbocycles. The first-order valence-electron chi connectivity index (χ1n) is 10.5. The number of fused-ring (bicyclic) bond motifs is 3. The van der Waals surface area contributed by atoms with E-state index in [-0.39, 0.29) is 23.4 Å². The fraction of sp³-hybridized carbons (Fsp3) is 0.591. The Kier molecular flexibility index (Phi) is 4.04. The van der Waals surface area contributed by atoms with Crippen molar-refractivity contribution in [2.24, 2.45) is 16.1 Å². The zero-order chi connectivity index (χ0) is 20.4. The molecule has 1 heterocycles. The van der Waals surface area contributed by atoms with Crippen molar-refractivity contribution in [3.8, 4) is 0 Å². The second kappa shape index (κ2) is 6.29. The summed E-state index contributed by atoms with van der Waals surface area (Å²) in [4.78, 5) is 31.1. The Morgan fingerprint density at radius 3 is 2.66 bits per heavy atom. The van der Waals surface area contributed by atoms with Gasteiger partial charge in [0, 0.05) is 12.5 Å². The van der Waals surface area contributed by atoms with Crippen LogP contribution in [0.15, 0.2) is 23.2 Å². The molecule has 1 aromatic rings. The number of benzene rings is 1. The summed E-state index contributed by atoms with van der Waals surface area (Å²) in [5, 5.41) is 9.31. The number of nitrogens with two attached hydrogens (primary N) is 1. The highest BCUT2D eigenvalue weighted by atomic mass is 16.5. The van der Waals surface area contributed by atoms with Gasteiger partial charge in [-0.1, -0.05) is 18.2 Å². The molecule has 7 heteroatoms. The van der Waals surface area contributed by atoms with Crippen molar-refractivity contribution >= 4 is 17.8 Å². The van der Waals surface area contributed by atoms with Crippen LogP contribution in [-0.2, 0) is 26.3 Å². The molecule has 7 nitrogen and oxygen atoms in total. The standard InChI is InChI=1S/C22H27N3O4/c1-29-16-6-8-21(9-7-16)11-15-5-4-14(13-2-3-13)10-17(15)22(21)19(28)25(12-18(26)27)20(23)24-22/h4-5,10,13,16H,2-3,6-9,11-12H2,1H3,(H2,23,24)(H,26,27). The first-order chi connectivity index (χ1) is 13.9. The monoisotopic (exact) mass is 397 g/mol. The number of ether oxygens (including phenoxy) is 1. The predicted molar refractivity (Wildman–Crippen MR) is 106 cm³/mol. The van der Waals surface area contributed by atoms with Gasteiger partial charge in [0.2, 0.25) is 0 Å². The van der Waals surface area contributed by atoms with Gasteiger partial charge in [0.15, 0.2) is 11.5 Å². The van der Waals surface area contributed by atoms with Gasteiger partial charge >= 0.3 is 5.97 Å². The first kappa shape index (κ1) is 18.6. The Bertz CT molecular complexity index is 915. The number of hydrogen-bond donors (Lipinski definition) is 2. The summed E-state index contributed by atoms with van der Waals surface area (Å²) in [6, 6.07) is 6.50. The second-order valence-electron chi connectivity index (χ2n) is 9.05. The lowest BCUT2D eigenvalue weighted by molar-refractivity contribution is -0.145. The van der Waals surface area contributed by atoms with Crippen LogP contribution in [-0.4, -0.2) is 47.6 Å². The van der Waals surface area contributed by atoms with E-state index in [1.54, 1.807) is 7.11 Å². The van der Waals surface area contributed by atoms with Crippen molar-refractivity contribution < 1.29 is 19.4 Å². The molecular formula is C22H27N3O4. The van der Waals surface area contributed by atoms with Gasteiger partial charge in [-0.15, -0.1) is 0 Å². The van der Waals surface area contributed by atoms with E-state index < -0.39 is 18.1 Å². The first-order valence-corrected chi connectivity index (χ1v) is 10.5. The molecule has 1 aliphatic heterocycles. The zero-order valence-electron chi connectivity index (χ0n) is 16.7. The third kappa shape index (κ3) is 2.56. The number of carboxylic acids is 1. The number of guanidine groups is 1. The van der Waals surface area contributed by atoms with Gasteiger partial charge in [-0.05, 0) is 67.6 Å². The minimum Gasteiger partial charge on any atom is -0.480 e. The van der Waals surface area contributed by atoms with Gasteiger partial charge in [-0.2, -0.15) is 0 Å². The Morgan fingerprint density at radius 1 is 1.31 bits per heavy atom. The maximum atomic E-state index is 13.8. The molecule has 0 radical (unpaired) electrons. The third-order valence-corrected chi connectivity index (χ3v) is 7.50. The third-order valence-electron chi connectivity index (χ3n) is 7.50. The molecular weight excluding hydrogens is 370 g/mol. The Morgan fingerprint density at radius 2 is 2.03 bits per heavy atom. The van der Waals surface area contributed by atoms with Crippen LogP contribution in [0.5, 0.6) is 0 Å². The summed E-state index contributed by atoms with van der Waals surface area (Å²) >= 11 is 0. The molecule has 154 valence electrons. The van der Waals surface area contributed by atoms with Gasteiger partial charge in [0.05, 0.1) is 6.10 Å². The molecule has 2 saturated carbocycles. The van der Waals surface area contributed by atoms with E-state index in [1.807, 2.05) is 0 Å². The van der Waals surface area contributed by atoms with Crippen molar-refractivity contribution in [1.29, 1.82) is 0 Å². The topological polar surface area (TPSA) is 105 Å². The number of carbonyl (C=O) groups excluding carboxylic acids is 1. The lowest BCUT2D eigenvalue weighted by Gasteiger charge is -2.45. The number of nitrogens with zero attached hydrogens (tertiary/aromatic N) is 2. The van der Waals surface area contributed by atoms with E-state index >= 15 is 0 Å². The SMILES string of the molecule is COC1CCC2(CC1)Cc1ccc(C3CC3)cc1C21N=C(N)N(CC(=O)O)C1=O. The Balaban J connectivity index is 1.64. The number of methoxy groups -OCH3 is 1. The maximum absolute atomic E-state index is 13.8. The average molecular weight is 397 g/mol. The van der Waals surface area contributed by atoms with Crippen molar-refractivity contribution in [2.75, 3.05) is 13.7 Å². The fourth-order valence-corrected chi connectivity index (χ4v) is 5.84. The molecule has 1 amide bonds. The molecule has 2 spiro atoms. The van der Waals surface area contributed by atoms with Crippen LogP contribution in [0.2, 0.25) is 0 Å². The Labute approximate surface area is 169 Å². The minimum absolute atomic E-state index is 0.0234. The molecule has 1 unspecified atom stereocenters. The molecule has 4 aliphatic rings. The van der Waals surface area contributed by atoms with Crippen molar-refractivity contribution in [2.45, 2.75) is 62.5 Å². The lowest BCUT2D eigenvalue weighted by atomic mass is 9.61. The number of aliphatic imine (C=N–C) groups is 1. The van der Waals surface area contributed by atoms with Gasteiger partial charge in [0.25, 0.3) is 5.91 Å².